The first-order valence-corrected chi connectivity index (χ1v) is 7.92. The quantitative estimate of drug-likeness (QED) is 0.671. The van der Waals surface area contributed by atoms with Crippen molar-refractivity contribution in [1.82, 2.24) is 4.72 Å². The molecule has 88 valence electrons. The first-order chi connectivity index (χ1) is 6.66. The fourth-order valence-electron chi connectivity index (χ4n) is 0.805. The highest BCUT2D eigenvalue weighted by Crippen LogP contribution is 1.95. The highest BCUT2D eigenvalue weighted by atomic mass is 32.2. The van der Waals surface area contributed by atoms with Crippen LogP contribution in [-0.4, -0.2) is 40.6 Å². The minimum Gasteiger partial charge on any atom is -0.229 e. The first-order valence-electron chi connectivity index (χ1n) is 4.21. The van der Waals surface area contributed by atoms with Gasteiger partial charge in [0, 0.05) is 12.3 Å². The van der Waals surface area contributed by atoms with Crippen molar-refractivity contribution in [3.8, 4) is 6.07 Å². The van der Waals surface area contributed by atoms with Gasteiger partial charge in [-0.15, -0.1) is 0 Å². The average molecular weight is 254 g/mol. The zero-order valence-corrected chi connectivity index (χ0v) is 10.2. The van der Waals surface area contributed by atoms with Crippen molar-refractivity contribution >= 4 is 19.9 Å². The van der Waals surface area contributed by atoms with Crippen LogP contribution in [0.1, 0.15) is 13.3 Å². The van der Waals surface area contributed by atoms with Crippen molar-refractivity contribution < 1.29 is 16.8 Å². The predicted octanol–water partition coefficient (Wildman–Crippen LogP) is -0.747. The van der Waals surface area contributed by atoms with Gasteiger partial charge >= 0.3 is 0 Å². The van der Waals surface area contributed by atoms with Crippen LogP contribution in [0.5, 0.6) is 0 Å². The first kappa shape index (κ1) is 14.3. The number of rotatable bonds is 6. The van der Waals surface area contributed by atoms with Crippen LogP contribution in [0.4, 0.5) is 0 Å². The van der Waals surface area contributed by atoms with Crippen LogP contribution in [0.15, 0.2) is 0 Å². The van der Waals surface area contributed by atoms with E-state index in [9.17, 15) is 16.8 Å². The van der Waals surface area contributed by atoms with Gasteiger partial charge in [0.2, 0.25) is 10.0 Å². The summed E-state index contributed by atoms with van der Waals surface area (Å²) in [4.78, 5) is 0. The Hall–Kier alpha value is -0.650. The maximum absolute atomic E-state index is 11.3. The maximum Gasteiger partial charge on any atom is 0.212 e. The highest BCUT2D eigenvalue weighted by Gasteiger charge is 2.16. The molecule has 1 N–H and O–H groups in total. The molecular formula is C7H14N2O4S2. The Morgan fingerprint density at radius 2 is 1.80 bits per heavy atom. The summed E-state index contributed by atoms with van der Waals surface area (Å²) in [5.41, 5.74) is 0. The number of hydrogen-bond acceptors (Lipinski definition) is 5. The zero-order valence-electron chi connectivity index (χ0n) is 8.60. The topological polar surface area (TPSA) is 104 Å². The fraction of sp³-hybridized carbons (Fsp3) is 0.857. The highest BCUT2D eigenvalue weighted by molar-refractivity contribution is 7.93. The van der Waals surface area contributed by atoms with Crippen molar-refractivity contribution in [2.24, 2.45) is 0 Å². The molecule has 0 amide bonds. The molecule has 6 nitrogen and oxygen atoms in total. The number of sulfone groups is 1. The van der Waals surface area contributed by atoms with Gasteiger partial charge in [-0.1, -0.05) is 0 Å². The second kappa shape index (κ2) is 5.44. The number of sulfonamides is 1. The van der Waals surface area contributed by atoms with E-state index in [1.54, 1.807) is 6.92 Å². The predicted molar refractivity (Wildman–Crippen MR) is 56.3 cm³/mol. The van der Waals surface area contributed by atoms with E-state index >= 15 is 0 Å². The van der Waals surface area contributed by atoms with Gasteiger partial charge in [-0.05, 0) is 6.92 Å². The molecule has 0 aromatic rings. The van der Waals surface area contributed by atoms with E-state index in [4.69, 9.17) is 5.26 Å². The summed E-state index contributed by atoms with van der Waals surface area (Å²) in [5, 5.41) is 8.31. The van der Waals surface area contributed by atoms with Gasteiger partial charge in [-0.3, -0.25) is 0 Å². The summed E-state index contributed by atoms with van der Waals surface area (Å²) >= 11 is 0. The summed E-state index contributed by atoms with van der Waals surface area (Å²) in [6, 6.07) is 1.32. The largest absolute Gasteiger partial charge is 0.229 e. The fourth-order valence-corrected chi connectivity index (χ4v) is 3.71. The summed E-state index contributed by atoms with van der Waals surface area (Å²) < 4.78 is 46.3. The van der Waals surface area contributed by atoms with E-state index < -0.39 is 37.4 Å². The summed E-state index contributed by atoms with van der Waals surface area (Å²) in [6.45, 7) is 1.54. The summed E-state index contributed by atoms with van der Waals surface area (Å²) in [6.07, 6.45) is 1.03. The number of nitrogens with one attached hydrogen (secondary N) is 1. The maximum atomic E-state index is 11.3. The van der Waals surface area contributed by atoms with Crippen molar-refractivity contribution in [2.75, 3.05) is 17.8 Å². The van der Waals surface area contributed by atoms with Crippen LogP contribution < -0.4 is 4.72 Å². The Morgan fingerprint density at radius 1 is 1.27 bits per heavy atom. The van der Waals surface area contributed by atoms with Crippen molar-refractivity contribution in [1.29, 1.82) is 5.26 Å². The van der Waals surface area contributed by atoms with Crippen molar-refractivity contribution in [3.05, 3.63) is 0 Å². The lowest BCUT2D eigenvalue weighted by Gasteiger charge is -2.10. The minimum absolute atomic E-state index is 0.0537. The molecule has 0 radical (unpaired) electrons. The van der Waals surface area contributed by atoms with Gasteiger partial charge in [0.25, 0.3) is 0 Å². The molecule has 0 spiro atoms. The zero-order chi connectivity index (χ0) is 12.1. The lowest BCUT2D eigenvalue weighted by atomic mass is 10.3. The molecule has 0 aromatic heterocycles. The summed E-state index contributed by atoms with van der Waals surface area (Å²) in [5.74, 6) is -0.886. The Morgan fingerprint density at radius 3 is 2.20 bits per heavy atom. The van der Waals surface area contributed by atoms with Gasteiger partial charge in [0.15, 0.2) is 0 Å². The monoisotopic (exact) mass is 254 g/mol. The molecular weight excluding hydrogens is 240 g/mol. The van der Waals surface area contributed by atoms with Crippen LogP contribution >= 0.6 is 0 Å². The lowest BCUT2D eigenvalue weighted by Crippen LogP contribution is -2.35. The van der Waals surface area contributed by atoms with E-state index in [1.165, 1.54) is 0 Å². The second-order valence-corrected chi connectivity index (χ2v) is 7.46. The van der Waals surface area contributed by atoms with E-state index in [0.29, 0.717) is 0 Å². The van der Waals surface area contributed by atoms with Crippen LogP contribution in [0, 0.1) is 11.3 Å². The van der Waals surface area contributed by atoms with Crippen LogP contribution in [0.3, 0.4) is 0 Å². The lowest BCUT2D eigenvalue weighted by molar-refractivity contribution is 0.562. The molecule has 0 saturated carbocycles. The number of nitrogens with zero attached hydrogens (tertiary/aromatic N) is 1. The molecule has 0 saturated heterocycles. The minimum atomic E-state index is -3.62. The van der Waals surface area contributed by atoms with Gasteiger partial charge in [0.1, 0.15) is 9.84 Å². The van der Waals surface area contributed by atoms with Gasteiger partial charge in [-0.2, -0.15) is 5.26 Å². The molecule has 0 rings (SSSR count). The standard InChI is InChI=1S/C7H14N2O4S2/c1-7(3-4-8)9-15(12,13)6-5-14(2,10)11/h7,9H,3,5-6H2,1-2H3. The molecule has 0 aliphatic heterocycles. The Bertz CT molecular complexity index is 432. The van der Waals surface area contributed by atoms with E-state index in [0.717, 1.165) is 6.26 Å². The average Bonchev–Trinajstić information content (AvgIpc) is 1.99. The number of nitriles is 1. The van der Waals surface area contributed by atoms with Crippen LogP contribution in [-0.2, 0) is 19.9 Å². The molecule has 8 heteroatoms. The normalized spacial score (nSPS) is 14.5. The third-order valence-corrected chi connectivity index (χ3v) is 4.21. The van der Waals surface area contributed by atoms with E-state index in [1.807, 2.05) is 6.07 Å². The molecule has 0 aromatic carbocycles. The molecule has 0 heterocycles. The summed E-state index contributed by atoms with van der Waals surface area (Å²) in [7, 11) is -6.91. The smallest absolute Gasteiger partial charge is 0.212 e. The molecule has 0 fully saturated rings. The molecule has 0 aliphatic carbocycles. The third-order valence-electron chi connectivity index (χ3n) is 1.50. The third kappa shape index (κ3) is 8.35. The molecule has 0 aliphatic rings. The SMILES string of the molecule is CC(CC#N)NS(=O)(=O)CCS(C)(=O)=O. The van der Waals surface area contributed by atoms with Gasteiger partial charge in [0.05, 0.1) is 24.0 Å². The Balaban J connectivity index is 4.28. The van der Waals surface area contributed by atoms with Crippen molar-refractivity contribution in [2.45, 2.75) is 19.4 Å². The second-order valence-electron chi connectivity index (χ2n) is 3.33. The molecule has 1 atom stereocenters. The number of hydrogen-bond donors (Lipinski definition) is 1. The van der Waals surface area contributed by atoms with Gasteiger partial charge < -0.3 is 0 Å². The Kier molecular flexibility index (Phi) is 5.20. The molecule has 1 unspecified atom stereocenters. The molecule has 15 heavy (non-hydrogen) atoms. The molecule has 0 bridgehead atoms. The van der Waals surface area contributed by atoms with E-state index in [-0.39, 0.29) is 6.42 Å². The van der Waals surface area contributed by atoms with Crippen molar-refractivity contribution in [3.63, 3.8) is 0 Å². The van der Waals surface area contributed by atoms with Crippen LogP contribution in [0.25, 0.3) is 0 Å². The van der Waals surface area contributed by atoms with E-state index in [2.05, 4.69) is 4.72 Å². The van der Waals surface area contributed by atoms with Crippen LogP contribution in [0.2, 0.25) is 0 Å². The van der Waals surface area contributed by atoms with Gasteiger partial charge in [-0.25, -0.2) is 21.6 Å². The Labute approximate surface area is 90.3 Å².